The lowest BCUT2D eigenvalue weighted by Gasteiger charge is -2.06. The standard InChI is InChI=1S/C11H13N3/c1-7-2-3-8-4-5-9(6-12)10(13)11(8)14-7/h2-5H,6,12-13H2,1H3. The number of anilines is 1. The zero-order valence-electron chi connectivity index (χ0n) is 8.12. The zero-order valence-corrected chi connectivity index (χ0v) is 8.12. The van der Waals surface area contributed by atoms with Gasteiger partial charge in [0.15, 0.2) is 0 Å². The van der Waals surface area contributed by atoms with Crippen LogP contribution >= 0.6 is 0 Å². The fourth-order valence-electron chi connectivity index (χ4n) is 1.53. The fourth-order valence-corrected chi connectivity index (χ4v) is 1.53. The molecule has 3 nitrogen and oxygen atoms in total. The number of benzene rings is 1. The molecule has 4 N–H and O–H groups in total. The SMILES string of the molecule is Cc1ccc2ccc(CN)c(N)c2n1. The van der Waals surface area contributed by atoms with Gasteiger partial charge in [-0.2, -0.15) is 0 Å². The van der Waals surface area contributed by atoms with E-state index in [1.54, 1.807) is 0 Å². The molecule has 0 unspecified atom stereocenters. The molecular weight excluding hydrogens is 174 g/mol. The zero-order chi connectivity index (χ0) is 10.1. The van der Waals surface area contributed by atoms with Crippen molar-refractivity contribution in [2.45, 2.75) is 13.5 Å². The molecule has 0 fully saturated rings. The Labute approximate surface area is 82.7 Å². The van der Waals surface area contributed by atoms with Crippen molar-refractivity contribution in [3.05, 3.63) is 35.5 Å². The Morgan fingerprint density at radius 2 is 1.93 bits per heavy atom. The summed E-state index contributed by atoms with van der Waals surface area (Å²) in [5.41, 5.74) is 15.0. The summed E-state index contributed by atoms with van der Waals surface area (Å²) in [6, 6.07) is 7.95. The number of aromatic nitrogens is 1. The number of hydrogen-bond donors (Lipinski definition) is 2. The third kappa shape index (κ3) is 1.32. The number of fused-ring (bicyclic) bond motifs is 1. The Hall–Kier alpha value is -1.61. The molecule has 2 rings (SSSR count). The van der Waals surface area contributed by atoms with Gasteiger partial charge in [0.2, 0.25) is 0 Å². The highest BCUT2D eigenvalue weighted by Crippen LogP contribution is 2.22. The monoisotopic (exact) mass is 187 g/mol. The molecular formula is C11H13N3. The average Bonchev–Trinajstić information content (AvgIpc) is 2.20. The van der Waals surface area contributed by atoms with Crippen molar-refractivity contribution in [2.75, 3.05) is 5.73 Å². The normalized spacial score (nSPS) is 10.7. The van der Waals surface area contributed by atoms with Crippen LogP contribution in [0.4, 0.5) is 5.69 Å². The molecule has 1 heterocycles. The molecule has 3 heteroatoms. The maximum absolute atomic E-state index is 5.96. The highest BCUT2D eigenvalue weighted by molar-refractivity contribution is 5.91. The van der Waals surface area contributed by atoms with E-state index in [0.717, 1.165) is 22.2 Å². The van der Waals surface area contributed by atoms with E-state index in [1.165, 1.54) is 0 Å². The lowest BCUT2D eigenvalue weighted by molar-refractivity contribution is 1.08. The summed E-state index contributed by atoms with van der Waals surface area (Å²) >= 11 is 0. The van der Waals surface area contributed by atoms with Crippen LogP contribution in [0.1, 0.15) is 11.3 Å². The van der Waals surface area contributed by atoms with Crippen molar-refractivity contribution in [1.29, 1.82) is 0 Å². The first-order valence-electron chi connectivity index (χ1n) is 4.57. The lowest BCUT2D eigenvalue weighted by atomic mass is 10.1. The van der Waals surface area contributed by atoms with Gasteiger partial charge in [0.1, 0.15) is 0 Å². The molecule has 0 radical (unpaired) electrons. The summed E-state index contributed by atoms with van der Waals surface area (Å²) in [4.78, 5) is 4.40. The van der Waals surface area contributed by atoms with E-state index in [-0.39, 0.29) is 0 Å². The van der Waals surface area contributed by atoms with Crippen LogP contribution in [-0.4, -0.2) is 4.98 Å². The van der Waals surface area contributed by atoms with Crippen LogP contribution in [0.15, 0.2) is 24.3 Å². The van der Waals surface area contributed by atoms with Crippen LogP contribution in [-0.2, 0) is 6.54 Å². The molecule has 0 spiro atoms. The summed E-state index contributed by atoms with van der Waals surface area (Å²) in [6.07, 6.45) is 0. The summed E-state index contributed by atoms with van der Waals surface area (Å²) in [6.45, 7) is 2.41. The minimum absolute atomic E-state index is 0.456. The van der Waals surface area contributed by atoms with Crippen LogP contribution in [0.25, 0.3) is 10.9 Å². The largest absolute Gasteiger partial charge is 0.397 e. The Morgan fingerprint density at radius 1 is 1.21 bits per heavy atom. The van der Waals surface area contributed by atoms with E-state index in [2.05, 4.69) is 4.98 Å². The minimum atomic E-state index is 0.456. The number of hydrogen-bond acceptors (Lipinski definition) is 3. The smallest absolute Gasteiger partial charge is 0.0937 e. The van der Waals surface area contributed by atoms with E-state index < -0.39 is 0 Å². The summed E-state index contributed by atoms with van der Waals surface area (Å²) < 4.78 is 0. The van der Waals surface area contributed by atoms with Crippen molar-refractivity contribution in [3.8, 4) is 0 Å². The number of nitrogens with two attached hydrogens (primary N) is 2. The molecule has 0 amide bonds. The van der Waals surface area contributed by atoms with Crippen molar-refractivity contribution in [3.63, 3.8) is 0 Å². The summed E-state index contributed by atoms with van der Waals surface area (Å²) in [5.74, 6) is 0. The number of pyridine rings is 1. The van der Waals surface area contributed by atoms with Gasteiger partial charge in [0.25, 0.3) is 0 Å². The predicted octanol–water partition coefficient (Wildman–Crippen LogP) is 1.58. The fraction of sp³-hybridized carbons (Fsp3) is 0.182. The predicted molar refractivity (Wildman–Crippen MR) is 58.8 cm³/mol. The molecule has 72 valence electrons. The van der Waals surface area contributed by atoms with Crippen LogP contribution in [0.2, 0.25) is 0 Å². The maximum Gasteiger partial charge on any atom is 0.0937 e. The van der Waals surface area contributed by atoms with E-state index >= 15 is 0 Å². The van der Waals surface area contributed by atoms with Gasteiger partial charge in [0, 0.05) is 17.6 Å². The number of rotatable bonds is 1. The van der Waals surface area contributed by atoms with E-state index in [1.807, 2.05) is 31.2 Å². The molecule has 0 bridgehead atoms. The van der Waals surface area contributed by atoms with Gasteiger partial charge in [0.05, 0.1) is 11.2 Å². The number of nitrogens with zero attached hydrogens (tertiary/aromatic N) is 1. The molecule has 0 aliphatic carbocycles. The summed E-state index contributed by atoms with van der Waals surface area (Å²) in [5, 5.41) is 1.06. The molecule has 1 aromatic carbocycles. The third-order valence-corrected chi connectivity index (χ3v) is 2.35. The first-order valence-corrected chi connectivity index (χ1v) is 4.57. The van der Waals surface area contributed by atoms with E-state index in [4.69, 9.17) is 11.5 Å². The Balaban J connectivity index is 2.79. The molecule has 14 heavy (non-hydrogen) atoms. The Kier molecular flexibility index (Phi) is 2.09. The Bertz CT molecular complexity index is 477. The lowest BCUT2D eigenvalue weighted by Crippen LogP contribution is -2.02. The van der Waals surface area contributed by atoms with Gasteiger partial charge in [-0.25, -0.2) is 0 Å². The van der Waals surface area contributed by atoms with Crippen molar-refractivity contribution in [2.24, 2.45) is 5.73 Å². The van der Waals surface area contributed by atoms with Gasteiger partial charge >= 0.3 is 0 Å². The molecule has 0 aliphatic rings. The molecule has 2 aromatic rings. The van der Waals surface area contributed by atoms with Crippen molar-refractivity contribution < 1.29 is 0 Å². The summed E-state index contributed by atoms with van der Waals surface area (Å²) in [7, 11) is 0. The number of nitrogen functional groups attached to an aromatic ring is 1. The van der Waals surface area contributed by atoms with Gasteiger partial charge < -0.3 is 11.5 Å². The topological polar surface area (TPSA) is 64.9 Å². The highest BCUT2D eigenvalue weighted by Gasteiger charge is 2.03. The molecule has 0 saturated carbocycles. The van der Waals surface area contributed by atoms with Gasteiger partial charge in [-0.05, 0) is 18.6 Å². The van der Waals surface area contributed by atoms with Crippen LogP contribution in [0.3, 0.4) is 0 Å². The Morgan fingerprint density at radius 3 is 2.64 bits per heavy atom. The first kappa shape index (κ1) is 8.97. The highest BCUT2D eigenvalue weighted by atomic mass is 14.7. The molecule has 1 aromatic heterocycles. The molecule has 0 atom stereocenters. The quantitative estimate of drug-likeness (QED) is 0.666. The van der Waals surface area contributed by atoms with Crippen molar-refractivity contribution in [1.82, 2.24) is 4.98 Å². The van der Waals surface area contributed by atoms with Crippen LogP contribution in [0, 0.1) is 6.92 Å². The number of aryl methyl sites for hydroxylation is 1. The van der Waals surface area contributed by atoms with Gasteiger partial charge in [-0.3, -0.25) is 4.98 Å². The van der Waals surface area contributed by atoms with E-state index in [0.29, 0.717) is 12.2 Å². The second-order valence-corrected chi connectivity index (χ2v) is 3.37. The van der Waals surface area contributed by atoms with E-state index in [9.17, 15) is 0 Å². The molecule has 0 aliphatic heterocycles. The second kappa shape index (κ2) is 3.27. The second-order valence-electron chi connectivity index (χ2n) is 3.37. The first-order chi connectivity index (χ1) is 6.72. The van der Waals surface area contributed by atoms with Crippen LogP contribution in [0.5, 0.6) is 0 Å². The average molecular weight is 187 g/mol. The molecule has 0 saturated heterocycles. The van der Waals surface area contributed by atoms with Crippen molar-refractivity contribution >= 4 is 16.6 Å². The third-order valence-electron chi connectivity index (χ3n) is 2.35. The van der Waals surface area contributed by atoms with Crippen LogP contribution < -0.4 is 11.5 Å². The minimum Gasteiger partial charge on any atom is -0.397 e. The maximum atomic E-state index is 5.96. The van der Waals surface area contributed by atoms with Gasteiger partial charge in [-0.15, -0.1) is 0 Å². The van der Waals surface area contributed by atoms with Gasteiger partial charge in [-0.1, -0.05) is 18.2 Å².